The van der Waals surface area contributed by atoms with Gasteiger partial charge in [0.15, 0.2) is 6.10 Å². The van der Waals surface area contributed by atoms with Crippen LogP contribution in [0.3, 0.4) is 0 Å². The zero-order valence-corrected chi connectivity index (χ0v) is 64.4. The third-order valence-electron chi connectivity index (χ3n) is 17.1. The largest absolute Gasteiger partial charge is 0.756 e. The summed E-state index contributed by atoms with van der Waals surface area (Å²) in [7, 11) is 1.14. The first-order valence-corrected chi connectivity index (χ1v) is 41.5. The maximum absolute atomic E-state index is 12.9. The van der Waals surface area contributed by atoms with Crippen molar-refractivity contribution in [2.75, 3.05) is 47.5 Å². The number of ether oxygens (including phenoxy) is 2. The van der Waals surface area contributed by atoms with E-state index in [0.29, 0.717) is 17.4 Å². The summed E-state index contributed by atoms with van der Waals surface area (Å²) in [5.41, 5.74) is 0. The number of phosphoric ester groups is 1. The highest BCUT2D eigenvalue weighted by molar-refractivity contribution is 7.45. The standard InChI is InChI=1S/C87H150NO8P/c1-6-8-10-12-14-16-18-20-22-24-26-28-30-32-34-36-38-40-41-42-43-44-45-46-47-48-50-52-54-56-58-60-62-64-66-68-70-72-74-76-78-80-87(90)96-85(84-95-97(91,92)94-82-81-88(3,4)5)83-93-86(89)79-77-75-73-71-69-67-65-63-61-59-57-55-53-51-49-39-37-35-33-31-29-27-25-23-21-19-17-15-13-11-9-7-2/h8,10,14,16,20,22,26,28,32,34,38,40,42-43,45-46,48,50,54,56,60,62,66,68,85H,6-7,9,11-13,15,17-19,21,23-25,27,29-31,33,35-37,39,41,44,47,49,51-53,55,57-59,61,63-65,67,69-84H2,1-5H3/b10-8-,16-14-,22-20-,28-26-,34-32-,40-38-,43-42-,46-45-,50-48-,56-54-,62-60-,68-66-. The van der Waals surface area contributed by atoms with Crippen molar-refractivity contribution >= 4 is 19.8 Å². The minimum Gasteiger partial charge on any atom is -0.756 e. The maximum Gasteiger partial charge on any atom is 0.306 e. The number of quaternary nitrogens is 1. The summed E-state index contributed by atoms with van der Waals surface area (Å²) in [6.07, 6.45) is 113. The molecule has 0 aromatic heterocycles. The van der Waals surface area contributed by atoms with Gasteiger partial charge in [0.05, 0.1) is 27.7 Å². The van der Waals surface area contributed by atoms with Gasteiger partial charge in [0.2, 0.25) is 0 Å². The first kappa shape index (κ1) is 92.9. The molecule has 0 rings (SSSR count). The van der Waals surface area contributed by atoms with Gasteiger partial charge in [-0.15, -0.1) is 0 Å². The highest BCUT2D eigenvalue weighted by Crippen LogP contribution is 2.38. The van der Waals surface area contributed by atoms with E-state index in [9.17, 15) is 19.0 Å². The molecule has 0 fully saturated rings. The molecule has 9 nitrogen and oxygen atoms in total. The van der Waals surface area contributed by atoms with Crippen LogP contribution in [0, 0.1) is 0 Å². The molecule has 0 saturated heterocycles. The summed E-state index contributed by atoms with van der Waals surface area (Å²) in [6, 6.07) is 0. The molecule has 0 radical (unpaired) electrons. The van der Waals surface area contributed by atoms with Gasteiger partial charge in [-0.2, -0.15) is 0 Å². The van der Waals surface area contributed by atoms with E-state index in [1.807, 2.05) is 21.1 Å². The molecule has 0 saturated carbocycles. The second-order valence-corrected chi connectivity index (χ2v) is 29.1. The van der Waals surface area contributed by atoms with Crippen LogP contribution in [-0.4, -0.2) is 70.0 Å². The molecule has 2 unspecified atom stereocenters. The fraction of sp³-hybridized carbons (Fsp3) is 0.701. The number of nitrogens with zero attached hydrogens (tertiary/aromatic N) is 1. The lowest BCUT2D eigenvalue weighted by Crippen LogP contribution is -2.37. The molecule has 0 bridgehead atoms. The molecule has 97 heavy (non-hydrogen) atoms. The van der Waals surface area contributed by atoms with Crippen molar-refractivity contribution in [1.29, 1.82) is 0 Å². The van der Waals surface area contributed by atoms with Gasteiger partial charge in [-0.3, -0.25) is 14.2 Å². The van der Waals surface area contributed by atoms with E-state index in [2.05, 4.69) is 160 Å². The average Bonchev–Trinajstić information content (AvgIpc) is 1.69. The predicted molar refractivity (Wildman–Crippen MR) is 420 cm³/mol. The van der Waals surface area contributed by atoms with Crippen LogP contribution in [0.5, 0.6) is 0 Å². The number of hydrogen-bond acceptors (Lipinski definition) is 8. The Morgan fingerprint density at radius 1 is 0.330 bits per heavy atom. The molecular formula is C87H150NO8P. The Bertz CT molecular complexity index is 2150. The van der Waals surface area contributed by atoms with Crippen LogP contribution < -0.4 is 4.89 Å². The van der Waals surface area contributed by atoms with Crippen molar-refractivity contribution < 1.29 is 42.1 Å². The number of phosphoric acid groups is 1. The normalized spacial score (nSPS) is 13.8. The summed E-state index contributed by atoms with van der Waals surface area (Å²) in [5, 5.41) is 0. The smallest absolute Gasteiger partial charge is 0.306 e. The van der Waals surface area contributed by atoms with E-state index >= 15 is 0 Å². The number of rotatable bonds is 73. The molecule has 0 aliphatic rings. The van der Waals surface area contributed by atoms with Gasteiger partial charge < -0.3 is 27.9 Å². The lowest BCUT2D eigenvalue weighted by Gasteiger charge is -2.28. The zero-order valence-electron chi connectivity index (χ0n) is 63.5. The summed E-state index contributed by atoms with van der Waals surface area (Å²) in [4.78, 5) is 38.2. The van der Waals surface area contributed by atoms with Gasteiger partial charge in [0.1, 0.15) is 19.8 Å². The molecule has 0 aromatic carbocycles. The van der Waals surface area contributed by atoms with Crippen molar-refractivity contribution in [2.24, 2.45) is 0 Å². The first-order chi connectivity index (χ1) is 47.5. The molecule has 0 aliphatic carbocycles. The Labute approximate surface area is 599 Å². The van der Waals surface area contributed by atoms with Crippen molar-refractivity contribution in [3.05, 3.63) is 146 Å². The van der Waals surface area contributed by atoms with E-state index in [1.54, 1.807) is 0 Å². The van der Waals surface area contributed by atoms with Gasteiger partial charge in [-0.05, 0) is 103 Å². The molecule has 0 heterocycles. The summed E-state index contributed by atoms with van der Waals surface area (Å²) in [6.45, 7) is 4.13. The van der Waals surface area contributed by atoms with Crippen LogP contribution in [0.2, 0.25) is 0 Å². The van der Waals surface area contributed by atoms with Crippen LogP contribution in [0.15, 0.2) is 146 Å². The number of esters is 2. The Kier molecular flexibility index (Phi) is 72.9. The Morgan fingerprint density at radius 3 is 0.876 bits per heavy atom. The topological polar surface area (TPSA) is 111 Å². The van der Waals surface area contributed by atoms with Gasteiger partial charge in [-0.25, -0.2) is 0 Å². The van der Waals surface area contributed by atoms with Gasteiger partial charge >= 0.3 is 11.9 Å². The molecule has 0 aromatic rings. The van der Waals surface area contributed by atoms with Gasteiger partial charge in [-0.1, -0.05) is 372 Å². The zero-order chi connectivity index (χ0) is 70.4. The van der Waals surface area contributed by atoms with E-state index in [4.69, 9.17) is 18.5 Å². The molecule has 0 amide bonds. The second-order valence-electron chi connectivity index (χ2n) is 27.7. The number of carbonyl (C=O) groups is 2. The van der Waals surface area contributed by atoms with Crippen molar-refractivity contribution in [1.82, 2.24) is 0 Å². The minimum atomic E-state index is -4.66. The third kappa shape index (κ3) is 80.8. The fourth-order valence-corrected chi connectivity index (χ4v) is 11.8. The number of unbranched alkanes of at least 4 members (excludes halogenated alkanes) is 35. The second kappa shape index (κ2) is 76.1. The van der Waals surface area contributed by atoms with E-state index in [0.717, 1.165) is 122 Å². The summed E-state index contributed by atoms with van der Waals surface area (Å²) in [5.74, 6) is -0.859. The maximum atomic E-state index is 12.9. The quantitative estimate of drug-likeness (QED) is 0.0195. The highest BCUT2D eigenvalue weighted by atomic mass is 31.2. The van der Waals surface area contributed by atoms with E-state index in [-0.39, 0.29) is 32.0 Å². The molecule has 0 aliphatic heterocycles. The van der Waals surface area contributed by atoms with Gasteiger partial charge in [0, 0.05) is 12.8 Å². The Morgan fingerprint density at radius 2 is 0.588 bits per heavy atom. The SMILES string of the molecule is CC/C=C\C/C=C\C/C=C\C/C=C\C/C=C\C/C=C\C/C=C\C/C=C\C/C=C\C/C=C\C/C=C\C/C=C\CCCCCCC(=O)OC(COC(=O)CCCCCCCCCCCCCCCCCCCCCCCCCCCCCCCCCC)COP(=O)([O-])OCC[N+](C)(C)C. The van der Waals surface area contributed by atoms with Crippen molar-refractivity contribution in [3.63, 3.8) is 0 Å². The van der Waals surface area contributed by atoms with E-state index < -0.39 is 26.5 Å². The molecule has 0 spiro atoms. The van der Waals surface area contributed by atoms with Crippen molar-refractivity contribution in [3.8, 4) is 0 Å². The molecule has 2 atom stereocenters. The molecule has 0 N–H and O–H groups in total. The van der Waals surface area contributed by atoms with Crippen LogP contribution in [0.25, 0.3) is 0 Å². The Hall–Kier alpha value is -4.11. The number of hydrogen-bond donors (Lipinski definition) is 0. The first-order valence-electron chi connectivity index (χ1n) is 40.0. The lowest BCUT2D eigenvalue weighted by molar-refractivity contribution is -0.870. The van der Waals surface area contributed by atoms with Crippen LogP contribution >= 0.6 is 7.82 Å². The van der Waals surface area contributed by atoms with Crippen LogP contribution in [0.1, 0.15) is 341 Å². The minimum absolute atomic E-state index is 0.0416. The summed E-state index contributed by atoms with van der Waals surface area (Å²) >= 11 is 0. The van der Waals surface area contributed by atoms with E-state index in [1.165, 1.54) is 186 Å². The molecule has 10 heteroatoms. The van der Waals surface area contributed by atoms with Crippen LogP contribution in [0.4, 0.5) is 0 Å². The lowest BCUT2D eigenvalue weighted by atomic mass is 10.0. The van der Waals surface area contributed by atoms with Gasteiger partial charge in [0.25, 0.3) is 7.82 Å². The molecular weight excluding hydrogens is 1220 g/mol. The van der Waals surface area contributed by atoms with Crippen LogP contribution in [-0.2, 0) is 32.7 Å². The number of allylic oxidation sites excluding steroid dienone is 24. The third-order valence-corrected chi connectivity index (χ3v) is 18.1. The number of carbonyl (C=O) groups excluding carboxylic acids is 2. The number of likely N-dealkylation sites (N-methyl/N-ethyl adjacent to an activating group) is 1. The predicted octanol–water partition coefficient (Wildman–Crippen LogP) is 26.3. The molecule has 556 valence electrons. The summed E-state index contributed by atoms with van der Waals surface area (Å²) < 4.78 is 34.4. The monoisotopic (exact) mass is 1370 g/mol. The fourth-order valence-electron chi connectivity index (χ4n) is 11.1. The highest BCUT2D eigenvalue weighted by Gasteiger charge is 2.22. The Balaban J connectivity index is 4.08. The van der Waals surface area contributed by atoms with Crippen molar-refractivity contribution in [2.45, 2.75) is 347 Å². The average molecular weight is 1370 g/mol.